The molecule has 6 rings (SSSR count). The Kier molecular flexibility index (Phi) is 18.6. The molecule has 2 fully saturated rings. The van der Waals surface area contributed by atoms with Crippen LogP contribution in [0.4, 0.5) is 4.39 Å². The third-order valence-electron chi connectivity index (χ3n) is 15.3. The van der Waals surface area contributed by atoms with Crippen molar-refractivity contribution in [1.29, 1.82) is 0 Å². The van der Waals surface area contributed by atoms with Gasteiger partial charge in [0.05, 0.1) is 32.2 Å². The van der Waals surface area contributed by atoms with Gasteiger partial charge in [-0.15, -0.1) is 0 Å². The first-order chi connectivity index (χ1) is 35.1. The fourth-order valence-electron chi connectivity index (χ4n) is 10.6. The van der Waals surface area contributed by atoms with Gasteiger partial charge < -0.3 is 46.6 Å². The largest absolute Gasteiger partial charge is 0.347 e. The highest BCUT2D eigenvalue weighted by Crippen LogP contribution is 2.36. The van der Waals surface area contributed by atoms with Crippen LogP contribution in [0.15, 0.2) is 72.8 Å². The van der Waals surface area contributed by atoms with Crippen molar-refractivity contribution in [3.63, 3.8) is 0 Å². The number of nitrogens with one attached hydrogen (secondary N) is 6. The summed E-state index contributed by atoms with van der Waals surface area (Å²) in [7, 11) is 1.14. The minimum Gasteiger partial charge on any atom is -0.347 e. The predicted molar refractivity (Wildman–Crippen MR) is 291 cm³/mol. The van der Waals surface area contributed by atoms with Crippen molar-refractivity contribution in [3.05, 3.63) is 106 Å². The maximum absolute atomic E-state index is 15.6. The highest BCUT2D eigenvalue weighted by Gasteiger charge is 2.50. The molecule has 18 heteroatoms. The van der Waals surface area contributed by atoms with Gasteiger partial charge in [0.2, 0.25) is 35.4 Å². The number of carbonyl (C=O) groups is 7. The van der Waals surface area contributed by atoms with Crippen molar-refractivity contribution in [2.24, 2.45) is 10.8 Å². The summed E-state index contributed by atoms with van der Waals surface area (Å²) in [5.74, 6) is -3.08. The van der Waals surface area contributed by atoms with Gasteiger partial charge in [0.1, 0.15) is 30.0 Å². The second-order valence-electron chi connectivity index (χ2n) is 23.9. The second kappa shape index (κ2) is 23.9. The molecule has 6 N–H and O–H groups in total. The normalized spacial score (nSPS) is 21.4. The Morgan fingerprint density at radius 3 is 1.87 bits per heavy atom. The molecule has 0 saturated carbocycles. The van der Waals surface area contributed by atoms with Crippen LogP contribution in [0.2, 0.25) is 19.1 Å². The summed E-state index contributed by atoms with van der Waals surface area (Å²) in [6.07, 6.45) is 3.08. The fourth-order valence-corrected chi connectivity index (χ4v) is 13.4. The molecule has 0 aromatic heterocycles. The quantitative estimate of drug-likeness (QED) is 0.0940. The first kappa shape index (κ1) is 58.3. The Labute approximate surface area is 444 Å². The van der Waals surface area contributed by atoms with Crippen LogP contribution in [0.1, 0.15) is 126 Å². The van der Waals surface area contributed by atoms with Crippen molar-refractivity contribution in [2.45, 2.75) is 168 Å². The van der Waals surface area contributed by atoms with Gasteiger partial charge in [0.15, 0.2) is 0 Å². The summed E-state index contributed by atoms with van der Waals surface area (Å²) in [5.41, 5.74) is 2.05. The summed E-state index contributed by atoms with van der Waals surface area (Å²) in [5, 5.41) is 18.0. The highest BCUT2D eigenvalue weighted by atomic mass is 28.3. The number of carbonyl (C=O) groups excluding carboxylic acids is 7. The number of hydrogen-bond donors (Lipinski definition) is 6. The van der Waals surface area contributed by atoms with Gasteiger partial charge in [-0.2, -0.15) is 0 Å². The molecule has 0 spiro atoms. The van der Waals surface area contributed by atoms with Crippen LogP contribution in [0.3, 0.4) is 0 Å². The number of nitrogens with zero attached hydrogens (tertiary/aromatic N) is 3. The summed E-state index contributed by atoms with van der Waals surface area (Å²) in [6, 6.07) is 15.1. The van der Waals surface area contributed by atoms with Crippen LogP contribution in [-0.2, 0) is 41.7 Å². The molecular weight excluding hydrogens is 970 g/mol. The van der Waals surface area contributed by atoms with Gasteiger partial charge in [-0.05, 0) is 112 Å². The molecule has 0 radical (unpaired) electrons. The molecule has 7 amide bonds. The lowest BCUT2D eigenvalue weighted by Gasteiger charge is -2.38. The molecular formula is C57H82FN9O7Si. The number of rotatable bonds is 17. The van der Waals surface area contributed by atoms with Crippen molar-refractivity contribution >= 4 is 49.4 Å². The standard InChI is InChI=1S/C57H82FN9O7Si/c1-34(59-10)49(68)63-47(56(4,5)6)54(73)66-31-40(29-45(66)52(71)62-44-24-18-20-38-19-14-15-22-42(38)44)61-51(70)39-27-25-37(26-28-39)30-65(36(3)41-21-16-17-23-43(41)58)53(72)46-32-75(12,13)33-67(46)55(74)48(57(7,8)9)64-50(69)35(2)60-11/h14-17,19,21-23,25-28,34-36,40,44-48,59-60H,18,20,24,29-33H2,1-13H3,(H,61,70)(H,62,71)(H,63,68)(H,64,69)/t34-,35-,36+,40-,44+,45-,46-,47+,48+/m0/s1. The lowest BCUT2D eigenvalue weighted by atomic mass is 9.85. The predicted octanol–water partition coefficient (Wildman–Crippen LogP) is 5.54. The zero-order valence-electron chi connectivity index (χ0n) is 46.4. The molecule has 0 bridgehead atoms. The Morgan fingerprint density at radius 2 is 1.29 bits per heavy atom. The van der Waals surface area contributed by atoms with E-state index in [2.05, 4.69) is 51.1 Å². The minimum atomic E-state index is -2.18. The monoisotopic (exact) mass is 1050 g/mol. The number of aryl methyl sites for hydroxylation is 1. The second-order valence-corrected chi connectivity index (χ2v) is 29.0. The first-order valence-electron chi connectivity index (χ1n) is 26.5. The van der Waals surface area contributed by atoms with Gasteiger partial charge in [-0.3, -0.25) is 33.6 Å². The van der Waals surface area contributed by atoms with Crippen molar-refractivity contribution in [2.75, 3.05) is 26.8 Å². The molecule has 16 nitrogen and oxygen atoms in total. The number of hydrogen-bond acceptors (Lipinski definition) is 9. The Hall–Kier alpha value is -5.98. The van der Waals surface area contributed by atoms with Gasteiger partial charge >= 0.3 is 0 Å². The molecule has 3 aromatic carbocycles. The van der Waals surface area contributed by atoms with E-state index in [0.29, 0.717) is 28.9 Å². The average molecular weight is 1050 g/mol. The molecule has 408 valence electrons. The van der Waals surface area contributed by atoms with Gasteiger partial charge in [-0.1, -0.05) is 109 Å². The van der Waals surface area contributed by atoms with Gasteiger partial charge in [0.25, 0.3) is 5.91 Å². The van der Waals surface area contributed by atoms with E-state index in [1.54, 1.807) is 87.1 Å². The molecule has 75 heavy (non-hydrogen) atoms. The molecule has 3 aromatic rings. The van der Waals surface area contributed by atoms with E-state index in [1.165, 1.54) is 16.5 Å². The first-order valence-corrected chi connectivity index (χ1v) is 30.0. The lowest BCUT2D eigenvalue weighted by molar-refractivity contribution is -0.148. The molecule has 2 heterocycles. The number of benzene rings is 3. The van der Waals surface area contributed by atoms with E-state index in [1.807, 2.05) is 59.7 Å². The van der Waals surface area contributed by atoms with Gasteiger partial charge in [0, 0.05) is 36.4 Å². The molecule has 2 saturated heterocycles. The maximum Gasteiger partial charge on any atom is 0.251 e. The zero-order valence-corrected chi connectivity index (χ0v) is 47.4. The number of halogens is 1. The molecule has 2 aliphatic heterocycles. The summed E-state index contributed by atoms with van der Waals surface area (Å²) in [6.45, 7) is 20.7. The van der Waals surface area contributed by atoms with Crippen LogP contribution < -0.4 is 31.9 Å². The molecule has 3 aliphatic rings. The smallest absolute Gasteiger partial charge is 0.251 e. The van der Waals surface area contributed by atoms with Crippen LogP contribution in [0.5, 0.6) is 0 Å². The number of likely N-dealkylation sites (N-methyl/N-ethyl adjacent to an activating group) is 2. The highest BCUT2D eigenvalue weighted by molar-refractivity contribution is 6.79. The summed E-state index contributed by atoms with van der Waals surface area (Å²) < 4.78 is 15.6. The topological polar surface area (TPSA) is 201 Å². The third kappa shape index (κ3) is 13.9. The van der Waals surface area contributed by atoms with Crippen LogP contribution >= 0.6 is 0 Å². The van der Waals surface area contributed by atoms with E-state index < -0.39 is 84.9 Å². The van der Waals surface area contributed by atoms with Crippen molar-refractivity contribution in [3.8, 4) is 0 Å². The Balaban J connectivity index is 1.25. The number of likely N-dealkylation sites (tertiary alicyclic amines) is 1. The number of fused-ring (bicyclic) bond motifs is 1. The van der Waals surface area contributed by atoms with Gasteiger partial charge in [-0.25, -0.2) is 4.39 Å². The van der Waals surface area contributed by atoms with Crippen molar-refractivity contribution < 1.29 is 38.0 Å². The summed E-state index contributed by atoms with van der Waals surface area (Å²) in [4.78, 5) is 104. The van der Waals surface area contributed by atoms with E-state index in [4.69, 9.17) is 0 Å². The van der Waals surface area contributed by atoms with E-state index in [0.717, 1.165) is 24.8 Å². The Morgan fingerprint density at radius 1 is 0.733 bits per heavy atom. The Bertz CT molecular complexity index is 2580. The van der Waals surface area contributed by atoms with Crippen LogP contribution in [-0.4, -0.2) is 133 Å². The van der Waals surface area contributed by atoms with Crippen LogP contribution in [0, 0.1) is 16.6 Å². The minimum absolute atomic E-state index is 0.0231. The molecule has 9 atom stereocenters. The van der Waals surface area contributed by atoms with Crippen LogP contribution in [0.25, 0.3) is 0 Å². The maximum atomic E-state index is 15.6. The third-order valence-corrected chi connectivity index (χ3v) is 18.0. The summed E-state index contributed by atoms with van der Waals surface area (Å²) >= 11 is 0. The van der Waals surface area contributed by atoms with E-state index >= 15 is 9.18 Å². The van der Waals surface area contributed by atoms with E-state index in [9.17, 15) is 28.8 Å². The molecule has 1 aliphatic carbocycles. The zero-order chi connectivity index (χ0) is 55.3. The SMILES string of the molecule is CN[C@@H](C)C(=O)N[C@H](C(=O)N1C[C@@H](NC(=O)c2ccc(CN(C(=O)[C@@H]3C[Si](C)(C)CN3C(=O)[C@@H](NC(=O)[C@H](C)NC)C(C)(C)C)[C@H](C)c3ccccc3F)cc2)C[C@H]1C(=O)N[C@@H]1CCCc2ccccc21)C(C)(C)C. The average Bonchev–Trinajstić information content (AvgIpc) is 3.94. The lowest BCUT2D eigenvalue weighted by Crippen LogP contribution is -2.60. The molecule has 0 unspecified atom stereocenters. The van der Waals surface area contributed by atoms with Crippen molar-refractivity contribution in [1.82, 2.24) is 46.6 Å². The van der Waals surface area contributed by atoms with E-state index in [-0.39, 0.29) is 55.1 Å². The number of amides is 7. The fraction of sp³-hybridized carbons (Fsp3) is 0.561.